The number of phenolic OH excluding ortho intramolecular Hbond substituents is 1. The fourth-order valence-corrected chi connectivity index (χ4v) is 1.56. The molecule has 3 heteroatoms. The standard InChI is InChI=1S/C10H10O3/c1-6-2-7-3-9(12)8(5-11)4-10(7)13-6/h3-6,12H,2H2,1H3. The van der Waals surface area contributed by atoms with E-state index >= 15 is 0 Å². The summed E-state index contributed by atoms with van der Waals surface area (Å²) in [6, 6.07) is 3.18. The number of benzene rings is 1. The van der Waals surface area contributed by atoms with Crippen molar-refractivity contribution in [1.82, 2.24) is 0 Å². The highest BCUT2D eigenvalue weighted by molar-refractivity contribution is 5.80. The molecule has 0 amide bonds. The van der Waals surface area contributed by atoms with Crippen LogP contribution in [0.2, 0.25) is 0 Å². The Morgan fingerprint density at radius 1 is 1.62 bits per heavy atom. The van der Waals surface area contributed by atoms with Gasteiger partial charge in [0.25, 0.3) is 0 Å². The molecule has 0 bridgehead atoms. The Kier molecular flexibility index (Phi) is 1.72. The van der Waals surface area contributed by atoms with Crippen molar-refractivity contribution in [3.05, 3.63) is 23.3 Å². The summed E-state index contributed by atoms with van der Waals surface area (Å²) in [5, 5.41) is 9.37. The highest BCUT2D eigenvalue weighted by atomic mass is 16.5. The number of fused-ring (bicyclic) bond motifs is 1. The first kappa shape index (κ1) is 8.10. The maximum atomic E-state index is 10.5. The van der Waals surface area contributed by atoms with Gasteiger partial charge in [-0.15, -0.1) is 0 Å². The fraction of sp³-hybridized carbons (Fsp3) is 0.300. The minimum Gasteiger partial charge on any atom is -0.507 e. The van der Waals surface area contributed by atoms with Crippen molar-refractivity contribution in [3.63, 3.8) is 0 Å². The zero-order valence-electron chi connectivity index (χ0n) is 7.28. The zero-order chi connectivity index (χ0) is 9.42. The Morgan fingerprint density at radius 2 is 2.38 bits per heavy atom. The SMILES string of the molecule is CC1Cc2cc(O)c(C=O)cc2O1. The molecule has 0 spiro atoms. The summed E-state index contributed by atoms with van der Waals surface area (Å²) >= 11 is 0. The van der Waals surface area contributed by atoms with Crippen LogP contribution < -0.4 is 4.74 Å². The van der Waals surface area contributed by atoms with E-state index in [-0.39, 0.29) is 17.4 Å². The lowest BCUT2D eigenvalue weighted by molar-refractivity contribution is 0.112. The first-order chi connectivity index (χ1) is 6.20. The maximum Gasteiger partial charge on any atom is 0.153 e. The molecule has 0 saturated carbocycles. The molecule has 0 radical (unpaired) electrons. The van der Waals surface area contributed by atoms with Crippen LogP contribution in [0, 0.1) is 0 Å². The number of aromatic hydroxyl groups is 1. The van der Waals surface area contributed by atoms with Crippen molar-refractivity contribution in [2.75, 3.05) is 0 Å². The minimum absolute atomic E-state index is 0.0338. The van der Waals surface area contributed by atoms with E-state index in [1.165, 1.54) is 0 Å². The monoisotopic (exact) mass is 178 g/mol. The molecular weight excluding hydrogens is 168 g/mol. The lowest BCUT2D eigenvalue weighted by Gasteiger charge is -2.03. The summed E-state index contributed by atoms with van der Waals surface area (Å²) in [4.78, 5) is 10.5. The van der Waals surface area contributed by atoms with E-state index in [9.17, 15) is 9.90 Å². The molecule has 1 aromatic rings. The van der Waals surface area contributed by atoms with Gasteiger partial charge in [0.2, 0.25) is 0 Å². The van der Waals surface area contributed by atoms with E-state index in [4.69, 9.17) is 4.74 Å². The third-order valence-electron chi connectivity index (χ3n) is 2.17. The average molecular weight is 178 g/mol. The van der Waals surface area contributed by atoms with Gasteiger partial charge in [-0.1, -0.05) is 0 Å². The molecule has 1 aliphatic rings. The molecule has 1 atom stereocenters. The van der Waals surface area contributed by atoms with Crippen LogP contribution in [0.25, 0.3) is 0 Å². The van der Waals surface area contributed by atoms with E-state index in [0.29, 0.717) is 12.0 Å². The fourth-order valence-electron chi connectivity index (χ4n) is 1.56. The first-order valence-electron chi connectivity index (χ1n) is 4.18. The lowest BCUT2D eigenvalue weighted by atomic mass is 10.1. The van der Waals surface area contributed by atoms with Crippen molar-refractivity contribution in [1.29, 1.82) is 0 Å². The Bertz CT molecular complexity index is 357. The average Bonchev–Trinajstić information content (AvgIpc) is 2.42. The van der Waals surface area contributed by atoms with Gasteiger partial charge in [-0.2, -0.15) is 0 Å². The number of phenols is 1. The first-order valence-corrected chi connectivity index (χ1v) is 4.18. The molecule has 0 saturated heterocycles. The van der Waals surface area contributed by atoms with E-state index in [1.807, 2.05) is 6.92 Å². The van der Waals surface area contributed by atoms with Gasteiger partial charge in [0.1, 0.15) is 17.6 Å². The van der Waals surface area contributed by atoms with Crippen LogP contribution in [0.5, 0.6) is 11.5 Å². The van der Waals surface area contributed by atoms with Gasteiger partial charge in [-0.3, -0.25) is 4.79 Å². The van der Waals surface area contributed by atoms with Gasteiger partial charge in [0.05, 0.1) is 5.56 Å². The normalized spacial score (nSPS) is 19.3. The number of aldehydes is 1. The van der Waals surface area contributed by atoms with Crippen LogP contribution in [0.3, 0.4) is 0 Å². The van der Waals surface area contributed by atoms with E-state index in [0.717, 1.165) is 12.0 Å². The number of hydrogen-bond acceptors (Lipinski definition) is 3. The largest absolute Gasteiger partial charge is 0.507 e. The summed E-state index contributed by atoms with van der Waals surface area (Å²) in [5.41, 5.74) is 1.25. The minimum atomic E-state index is 0.0338. The number of rotatable bonds is 1. The quantitative estimate of drug-likeness (QED) is 0.663. The third kappa shape index (κ3) is 1.26. The van der Waals surface area contributed by atoms with Gasteiger partial charge in [0, 0.05) is 12.0 Å². The highest BCUT2D eigenvalue weighted by Crippen LogP contribution is 2.33. The molecule has 3 nitrogen and oxygen atoms in total. The topological polar surface area (TPSA) is 46.5 Å². The number of hydrogen-bond donors (Lipinski definition) is 1. The smallest absolute Gasteiger partial charge is 0.153 e. The van der Waals surface area contributed by atoms with Crippen LogP contribution in [-0.2, 0) is 6.42 Å². The van der Waals surface area contributed by atoms with Gasteiger partial charge < -0.3 is 9.84 Å². The molecule has 2 rings (SSSR count). The zero-order valence-corrected chi connectivity index (χ0v) is 7.28. The molecule has 0 aliphatic carbocycles. The second-order valence-corrected chi connectivity index (χ2v) is 3.27. The van der Waals surface area contributed by atoms with Gasteiger partial charge in [0.15, 0.2) is 6.29 Å². The summed E-state index contributed by atoms with van der Waals surface area (Å²) in [6.07, 6.45) is 1.56. The molecule has 1 unspecified atom stereocenters. The van der Waals surface area contributed by atoms with E-state index < -0.39 is 0 Å². The van der Waals surface area contributed by atoms with Crippen LogP contribution >= 0.6 is 0 Å². The summed E-state index contributed by atoms with van der Waals surface area (Å²) in [7, 11) is 0. The molecule has 13 heavy (non-hydrogen) atoms. The van der Waals surface area contributed by atoms with Crippen LogP contribution in [0.1, 0.15) is 22.8 Å². The Hall–Kier alpha value is -1.51. The van der Waals surface area contributed by atoms with Crippen molar-refractivity contribution in [3.8, 4) is 11.5 Å². The number of carbonyl (C=O) groups excluding carboxylic acids is 1. The van der Waals surface area contributed by atoms with E-state index in [2.05, 4.69) is 0 Å². The van der Waals surface area contributed by atoms with Crippen molar-refractivity contribution in [2.24, 2.45) is 0 Å². The van der Waals surface area contributed by atoms with Crippen LogP contribution in [-0.4, -0.2) is 17.5 Å². The predicted octanol–water partition coefficient (Wildman–Crippen LogP) is 1.53. The Labute approximate surface area is 76.0 Å². The number of ether oxygens (including phenoxy) is 1. The van der Waals surface area contributed by atoms with Gasteiger partial charge in [-0.05, 0) is 19.1 Å². The van der Waals surface area contributed by atoms with Crippen LogP contribution in [0.4, 0.5) is 0 Å². The molecule has 1 N–H and O–H groups in total. The lowest BCUT2D eigenvalue weighted by Crippen LogP contribution is -2.05. The molecule has 1 aromatic carbocycles. The highest BCUT2D eigenvalue weighted by Gasteiger charge is 2.20. The molecule has 1 heterocycles. The third-order valence-corrected chi connectivity index (χ3v) is 2.17. The molecule has 68 valence electrons. The molecule has 0 aromatic heterocycles. The summed E-state index contributed by atoms with van der Waals surface area (Å²) in [6.45, 7) is 1.96. The van der Waals surface area contributed by atoms with Crippen molar-refractivity contribution >= 4 is 6.29 Å². The Balaban J connectivity index is 2.50. The van der Waals surface area contributed by atoms with Crippen molar-refractivity contribution < 1.29 is 14.6 Å². The van der Waals surface area contributed by atoms with E-state index in [1.54, 1.807) is 12.1 Å². The van der Waals surface area contributed by atoms with Gasteiger partial charge >= 0.3 is 0 Å². The molecular formula is C10H10O3. The van der Waals surface area contributed by atoms with Crippen LogP contribution in [0.15, 0.2) is 12.1 Å². The Morgan fingerprint density at radius 3 is 3.08 bits per heavy atom. The molecule has 1 aliphatic heterocycles. The second-order valence-electron chi connectivity index (χ2n) is 3.27. The molecule has 0 fully saturated rings. The second kappa shape index (κ2) is 2.76. The van der Waals surface area contributed by atoms with Crippen molar-refractivity contribution in [2.45, 2.75) is 19.4 Å². The maximum absolute atomic E-state index is 10.5. The van der Waals surface area contributed by atoms with Gasteiger partial charge in [-0.25, -0.2) is 0 Å². The number of carbonyl (C=O) groups is 1. The summed E-state index contributed by atoms with van der Waals surface area (Å²) in [5.74, 6) is 0.749. The summed E-state index contributed by atoms with van der Waals surface area (Å²) < 4.78 is 5.43. The predicted molar refractivity (Wildman–Crippen MR) is 47.3 cm³/mol.